The molecule has 3 aromatic rings. The first-order chi connectivity index (χ1) is 12.1. The lowest BCUT2D eigenvalue weighted by molar-refractivity contribution is -0.118. The van der Waals surface area contributed by atoms with Crippen molar-refractivity contribution in [3.05, 3.63) is 69.1 Å². The lowest BCUT2D eigenvalue weighted by atomic mass is 9.77. The summed E-state index contributed by atoms with van der Waals surface area (Å²) in [7, 11) is 0. The number of hydrogen-bond donors (Lipinski definition) is 1. The highest BCUT2D eigenvalue weighted by Gasteiger charge is 2.37. The standard InChI is InChI=1S/C20H21F2NO2S/c1-13-4-5-14(21)10-15(13)19(2,3)11-20(22,25)12-23-8-6-17(24)18-16(23)7-9-26-18/h4-10,25H,11-12H2,1-3H3. The first kappa shape index (κ1) is 18.7. The summed E-state index contributed by atoms with van der Waals surface area (Å²) in [6.07, 6.45) is 1.28. The minimum Gasteiger partial charge on any atom is -0.360 e. The third-order valence-electron chi connectivity index (χ3n) is 4.64. The van der Waals surface area contributed by atoms with Gasteiger partial charge in [-0.25, -0.2) is 8.78 Å². The van der Waals surface area contributed by atoms with Gasteiger partial charge in [0.25, 0.3) is 0 Å². The van der Waals surface area contributed by atoms with Crippen LogP contribution in [0.25, 0.3) is 10.2 Å². The van der Waals surface area contributed by atoms with Crippen molar-refractivity contribution in [2.24, 2.45) is 0 Å². The van der Waals surface area contributed by atoms with Gasteiger partial charge in [-0.2, -0.15) is 0 Å². The smallest absolute Gasteiger partial charge is 0.225 e. The summed E-state index contributed by atoms with van der Waals surface area (Å²) in [4.78, 5) is 11.8. The van der Waals surface area contributed by atoms with E-state index in [9.17, 15) is 14.3 Å². The highest BCUT2D eigenvalue weighted by Crippen LogP contribution is 2.36. The molecule has 2 aromatic heterocycles. The maximum absolute atomic E-state index is 15.1. The maximum atomic E-state index is 15.1. The molecule has 1 atom stereocenters. The third kappa shape index (κ3) is 3.71. The van der Waals surface area contributed by atoms with Gasteiger partial charge in [0.2, 0.25) is 5.85 Å². The molecular weight excluding hydrogens is 356 g/mol. The molecule has 3 nitrogen and oxygen atoms in total. The zero-order valence-corrected chi connectivity index (χ0v) is 15.7. The van der Waals surface area contributed by atoms with E-state index in [-0.39, 0.29) is 24.2 Å². The van der Waals surface area contributed by atoms with Gasteiger partial charge >= 0.3 is 0 Å². The zero-order valence-electron chi connectivity index (χ0n) is 14.9. The van der Waals surface area contributed by atoms with Gasteiger partial charge in [-0.05, 0) is 47.0 Å². The van der Waals surface area contributed by atoms with Gasteiger partial charge in [-0.1, -0.05) is 19.9 Å². The van der Waals surface area contributed by atoms with Crippen LogP contribution in [-0.4, -0.2) is 15.5 Å². The van der Waals surface area contributed by atoms with Crippen molar-refractivity contribution in [3.63, 3.8) is 0 Å². The lowest BCUT2D eigenvalue weighted by Crippen LogP contribution is -2.37. The number of aliphatic hydroxyl groups is 1. The second kappa shape index (κ2) is 6.59. The molecule has 0 aliphatic carbocycles. The number of pyridine rings is 1. The summed E-state index contributed by atoms with van der Waals surface area (Å²) < 4.78 is 30.8. The monoisotopic (exact) mass is 377 g/mol. The summed E-state index contributed by atoms with van der Waals surface area (Å²) in [5.74, 6) is -2.91. The number of aromatic nitrogens is 1. The van der Waals surface area contributed by atoms with Gasteiger partial charge in [-0.15, -0.1) is 11.3 Å². The molecule has 0 bridgehead atoms. The third-order valence-corrected chi connectivity index (χ3v) is 5.56. The van der Waals surface area contributed by atoms with Crippen molar-refractivity contribution < 1.29 is 13.9 Å². The van der Waals surface area contributed by atoms with Crippen molar-refractivity contribution in [2.75, 3.05) is 0 Å². The van der Waals surface area contributed by atoms with Gasteiger partial charge in [-0.3, -0.25) is 4.79 Å². The maximum Gasteiger partial charge on any atom is 0.225 e. The molecule has 138 valence electrons. The van der Waals surface area contributed by atoms with Crippen molar-refractivity contribution in [1.82, 2.24) is 4.57 Å². The Morgan fingerprint density at radius 2 is 1.96 bits per heavy atom. The Hall–Kier alpha value is -2.05. The molecule has 3 rings (SSSR count). The summed E-state index contributed by atoms with van der Waals surface area (Å²) in [6.45, 7) is 5.10. The predicted octanol–water partition coefficient (Wildman–Crippen LogP) is 4.54. The first-order valence-electron chi connectivity index (χ1n) is 8.34. The summed E-state index contributed by atoms with van der Waals surface area (Å²) in [5.41, 5.74) is 1.20. The number of halogens is 2. The summed E-state index contributed by atoms with van der Waals surface area (Å²) >= 11 is 1.29. The summed E-state index contributed by atoms with van der Waals surface area (Å²) in [5, 5.41) is 12.2. The average molecular weight is 377 g/mol. The van der Waals surface area contributed by atoms with E-state index >= 15 is 4.39 Å². The van der Waals surface area contributed by atoms with E-state index < -0.39 is 11.3 Å². The molecule has 6 heteroatoms. The zero-order chi connectivity index (χ0) is 19.1. The van der Waals surface area contributed by atoms with E-state index in [1.54, 1.807) is 35.9 Å². The van der Waals surface area contributed by atoms with Crippen molar-refractivity contribution >= 4 is 21.6 Å². The van der Waals surface area contributed by atoms with Crippen LogP contribution in [0.5, 0.6) is 0 Å². The fourth-order valence-electron chi connectivity index (χ4n) is 3.58. The quantitative estimate of drug-likeness (QED) is 0.709. The van der Waals surface area contributed by atoms with Crippen LogP contribution in [0, 0.1) is 12.7 Å². The van der Waals surface area contributed by atoms with Gasteiger partial charge < -0.3 is 9.67 Å². The van der Waals surface area contributed by atoms with Gasteiger partial charge in [0.15, 0.2) is 5.43 Å². The van der Waals surface area contributed by atoms with E-state index in [4.69, 9.17) is 0 Å². The molecule has 0 aliphatic rings. The van der Waals surface area contributed by atoms with Crippen LogP contribution in [-0.2, 0) is 12.0 Å². The van der Waals surface area contributed by atoms with Crippen molar-refractivity contribution in [3.8, 4) is 0 Å². The largest absolute Gasteiger partial charge is 0.360 e. The van der Waals surface area contributed by atoms with Crippen LogP contribution >= 0.6 is 11.3 Å². The molecule has 0 spiro atoms. The number of nitrogens with zero attached hydrogens (tertiary/aromatic N) is 1. The minimum atomic E-state index is -2.52. The molecule has 1 aromatic carbocycles. The van der Waals surface area contributed by atoms with E-state index in [1.165, 1.54) is 35.7 Å². The number of fused-ring (bicyclic) bond motifs is 1. The molecular formula is C20H21F2NO2S. The van der Waals surface area contributed by atoms with E-state index in [0.717, 1.165) is 5.56 Å². The highest BCUT2D eigenvalue weighted by atomic mass is 32.1. The second-order valence-electron chi connectivity index (χ2n) is 7.38. The lowest BCUT2D eigenvalue weighted by Gasteiger charge is -2.33. The SMILES string of the molecule is Cc1ccc(F)cc1C(C)(C)CC(O)(F)Cn1ccc(=O)c2sccc21. The van der Waals surface area contributed by atoms with Crippen molar-refractivity contribution in [2.45, 2.75) is 45.0 Å². The molecule has 0 aliphatic heterocycles. The average Bonchev–Trinajstić information content (AvgIpc) is 3.02. The van der Waals surface area contributed by atoms with Crippen LogP contribution in [0.3, 0.4) is 0 Å². The molecule has 1 unspecified atom stereocenters. The Balaban J connectivity index is 1.90. The van der Waals surface area contributed by atoms with Gasteiger partial charge in [0, 0.05) is 18.7 Å². The normalized spacial score (nSPS) is 14.5. The van der Waals surface area contributed by atoms with Crippen molar-refractivity contribution in [1.29, 1.82) is 0 Å². The summed E-state index contributed by atoms with van der Waals surface area (Å²) in [6, 6.07) is 7.52. The fraction of sp³-hybridized carbons (Fsp3) is 0.350. The Morgan fingerprint density at radius 1 is 1.23 bits per heavy atom. The number of alkyl halides is 1. The Kier molecular flexibility index (Phi) is 4.75. The molecule has 1 N–H and O–H groups in total. The van der Waals surface area contributed by atoms with Crippen LogP contribution in [0.1, 0.15) is 31.4 Å². The van der Waals surface area contributed by atoms with E-state index in [2.05, 4.69) is 0 Å². The molecule has 2 heterocycles. The number of rotatable bonds is 5. The van der Waals surface area contributed by atoms with Crippen LogP contribution in [0.15, 0.2) is 46.7 Å². The van der Waals surface area contributed by atoms with Crippen LogP contribution in [0.2, 0.25) is 0 Å². The minimum absolute atomic E-state index is 0.121. The number of aryl methyl sites for hydroxylation is 1. The Labute approximate surface area is 154 Å². The first-order valence-corrected chi connectivity index (χ1v) is 9.22. The van der Waals surface area contributed by atoms with Crippen LogP contribution in [0.4, 0.5) is 8.78 Å². The van der Waals surface area contributed by atoms with E-state index in [0.29, 0.717) is 15.8 Å². The number of benzene rings is 1. The van der Waals surface area contributed by atoms with Gasteiger partial charge in [0.1, 0.15) is 5.82 Å². The van der Waals surface area contributed by atoms with Crippen LogP contribution < -0.4 is 5.43 Å². The Bertz CT molecular complexity index is 1000. The molecule has 0 radical (unpaired) electrons. The van der Waals surface area contributed by atoms with E-state index in [1.807, 2.05) is 6.92 Å². The second-order valence-corrected chi connectivity index (χ2v) is 8.30. The predicted molar refractivity (Wildman–Crippen MR) is 101 cm³/mol. The Morgan fingerprint density at radius 3 is 2.69 bits per heavy atom. The molecule has 0 saturated carbocycles. The van der Waals surface area contributed by atoms with Gasteiger partial charge in [0.05, 0.1) is 16.8 Å². The molecule has 26 heavy (non-hydrogen) atoms. The molecule has 0 saturated heterocycles. The fourth-order valence-corrected chi connectivity index (χ4v) is 4.40. The molecule has 0 fully saturated rings. The number of thiophene rings is 1. The molecule has 0 amide bonds. The highest BCUT2D eigenvalue weighted by molar-refractivity contribution is 7.17. The topological polar surface area (TPSA) is 42.2 Å². The number of hydrogen-bond acceptors (Lipinski definition) is 3.